The third-order valence-corrected chi connectivity index (χ3v) is 5.69. The Morgan fingerprint density at radius 2 is 1.96 bits per heavy atom. The van der Waals surface area contributed by atoms with Crippen molar-refractivity contribution < 1.29 is 19.4 Å². The number of hydrogen-bond acceptors (Lipinski definition) is 5. The number of amides is 1. The zero-order chi connectivity index (χ0) is 16.9. The molecule has 4 atom stereocenters. The second kappa shape index (κ2) is 8.61. The van der Waals surface area contributed by atoms with Crippen LogP contribution < -0.4 is 0 Å². The lowest BCUT2D eigenvalue weighted by molar-refractivity contribution is -0.148. The first kappa shape index (κ1) is 18.1. The van der Waals surface area contributed by atoms with Gasteiger partial charge in [0, 0.05) is 38.8 Å². The first-order chi connectivity index (χ1) is 11.6. The molecular formula is C18H32N2O4. The minimum absolute atomic E-state index is 0.0810. The summed E-state index contributed by atoms with van der Waals surface area (Å²) in [6.07, 6.45) is 6.01. The van der Waals surface area contributed by atoms with E-state index in [0.29, 0.717) is 12.6 Å². The molecule has 2 heterocycles. The Hall–Kier alpha value is -0.690. The van der Waals surface area contributed by atoms with E-state index in [1.54, 1.807) is 0 Å². The number of aliphatic hydroxyl groups is 1. The fraction of sp³-hybridized carbons (Fsp3) is 0.944. The maximum Gasteiger partial charge on any atom is 0.251 e. The van der Waals surface area contributed by atoms with Crippen molar-refractivity contribution in [3.8, 4) is 0 Å². The second-order valence-corrected chi connectivity index (χ2v) is 7.39. The van der Waals surface area contributed by atoms with E-state index in [1.807, 2.05) is 11.8 Å². The minimum Gasteiger partial charge on any atom is -0.391 e. The highest BCUT2D eigenvalue weighted by atomic mass is 16.5. The number of ether oxygens (including phenoxy) is 2. The van der Waals surface area contributed by atoms with E-state index in [-0.39, 0.29) is 18.1 Å². The Morgan fingerprint density at radius 1 is 1.17 bits per heavy atom. The molecule has 0 spiro atoms. The number of aliphatic hydroxyl groups excluding tert-OH is 1. The van der Waals surface area contributed by atoms with E-state index in [2.05, 4.69) is 4.90 Å². The summed E-state index contributed by atoms with van der Waals surface area (Å²) in [5.41, 5.74) is 0. The van der Waals surface area contributed by atoms with Gasteiger partial charge in [0.2, 0.25) is 0 Å². The zero-order valence-corrected chi connectivity index (χ0v) is 14.9. The molecule has 24 heavy (non-hydrogen) atoms. The van der Waals surface area contributed by atoms with Crippen LogP contribution in [0.5, 0.6) is 0 Å². The van der Waals surface area contributed by atoms with Crippen molar-refractivity contribution in [3.63, 3.8) is 0 Å². The normalized spacial score (nSPS) is 33.6. The molecule has 138 valence electrons. The van der Waals surface area contributed by atoms with Gasteiger partial charge in [-0.25, -0.2) is 0 Å². The minimum atomic E-state index is -0.404. The standard InChI is InChI=1S/C18H32N2O4/c1-14(24-13-15-5-2-3-12-23-15)18(22)20-10-8-19(9-11-20)16-6-4-7-17(16)21/h14-17,21H,2-13H2,1H3/t14-,15-,16+,17-/m0/s1. The maximum absolute atomic E-state index is 12.6. The number of hydrogen-bond donors (Lipinski definition) is 1. The largest absolute Gasteiger partial charge is 0.391 e. The lowest BCUT2D eigenvalue weighted by Gasteiger charge is -2.39. The van der Waals surface area contributed by atoms with Gasteiger partial charge < -0.3 is 19.5 Å². The predicted molar refractivity (Wildman–Crippen MR) is 90.8 cm³/mol. The van der Waals surface area contributed by atoms with Gasteiger partial charge in [-0.05, 0) is 45.4 Å². The van der Waals surface area contributed by atoms with Crippen LogP contribution in [0.2, 0.25) is 0 Å². The Morgan fingerprint density at radius 3 is 2.58 bits per heavy atom. The number of rotatable bonds is 5. The van der Waals surface area contributed by atoms with Crippen molar-refractivity contribution in [2.24, 2.45) is 0 Å². The molecule has 1 amide bonds. The number of nitrogens with zero attached hydrogens (tertiary/aromatic N) is 2. The van der Waals surface area contributed by atoms with Gasteiger partial charge in [0.1, 0.15) is 6.10 Å². The van der Waals surface area contributed by atoms with Gasteiger partial charge in [0.15, 0.2) is 0 Å². The van der Waals surface area contributed by atoms with E-state index < -0.39 is 6.10 Å². The van der Waals surface area contributed by atoms with Gasteiger partial charge in [-0.3, -0.25) is 9.69 Å². The smallest absolute Gasteiger partial charge is 0.251 e. The summed E-state index contributed by atoms with van der Waals surface area (Å²) in [7, 11) is 0. The number of carbonyl (C=O) groups is 1. The third-order valence-electron chi connectivity index (χ3n) is 5.69. The lowest BCUT2D eigenvalue weighted by Crippen LogP contribution is -2.55. The van der Waals surface area contributed by atoms with Crippen molar-refractivity contribution >= 4 is 5.91 Å². The van der Waals surface area contributed by atoms with Crippen LogP contribution >= 0.6 is 0 Å². The summed E-state index contributed by atoms with van der Waals surface area (Å²) < 4.78 is 11.4. The van der Waals surface area contributed by atoms with Gasteiger partial charge in [-0.1, -0.05) is 0 Å². The number of carbonyl (C=O) groups excluding carboxylic acids is 1. The van der Waals surface area contributed by atoms with Crippen molar-refractivity contribution in [3.05, 3.63) is 0 Å². The average molecular weight is 340 g/mol. The van der Waals surface area contributed by atoms with E-state index >= 15 is 0 Å². The van der Waals surface area contributed by atoms with E-state index in [9.17, 15) is 9.90 Å². The van der Waals surface area contributed by atoms with Crippen molar-refractivity contribution in [1.82, 2.24) is 9.80 Å². The molecule has 1 N–H and O–H groups in total. The Kier molecular flexibility index (Phi) is 6.49. The molecule has 2 aliphatic heterocycles. The van der Waals surface area contributed by atoms with E-state index in [0.717, 1.165) is 64.9 Å². The molecule has 6 nitrogen and oxygen atoms in total. The van der Waals surface area contributed by atoms with Crippen LogP contribution in [0.25, 0.3) is 0 Å². The summed E-state index contributed by atoms with van der Waals surface area (Å²) in [6, 6.07) is 0.291. The first-order valence-corrected chi connectivity index (χ1v) is 9.59. The molecule has 0 aromatic rings. The summed E-state index contributed by atoms with van der Waals surface area (Å²) in [4.78, 5) is 16.8. The lowest BCUT2D eigenvalue weighted by atomic mass is 10.1. The monoisotopic (exact) mass is 340 g/mol. The molecule has 1 saturated carbocycles. The molecular weight excluding hydrogens is 308 g/mol. The van der Waals surface area contributed by atoms with Gasteiger partial charge in [0.25, 0.3) is 5.91 Å². The van der Waals surface area contributed by atoms with Crippen LogP contribution in [0.15, 0.2) is 0 Å². The Labute approximate surface area is 145 Å². The van der Waals surface area contributed by atoms with Crippen molar-refractivity contribution in [1.29, 1.82) is 0 Å². The fourth-order valence-corrected chi connectivity index (χ4v) is 4.14. The molecule has 3 aliphatic rings. The van der Waals surface area contributed by atoms with E-state index in [1.165, 1.54) is 6.42 Å². The Balaban J connectivity index is 1.39. The second-order valence-electron chi connectivity index (χ2n) is 7.39. The summed E-state index contributed by atoms with van der Waals surface area (Å²) >= 11 is 0. The molecule has 3 fully saturated rings. The maximum atomic E-state index is 12.6. The number of piperazine rings is 1. The van der Waals surface area contributed by atoms with Gasteiger partial charge in [-0.2, -0.15) is 0 Å². The Bertz CT molecular complexity index is 406. The summed E-state index contributed by atoms with van der Waals surface area (Å²) in [5, 5.41) is 10.0. The van der Waals surface area contributed by atoms with Gasteiger partial charge in [0.05, 0.1) is 18.8 Å². The van der Waals surface area contributed by atoms with Crippen LogP contribution in [0.1, 0.15) is 45.4 Å². The molecule has 1 aliphatic carbocycles. The summed E-state index contributed by atoms with van der Waals surface area (Å²) in [6.45, 7) is 6.34. The van der Waals surface area contributed by atoms with Crippen LogP contribution in [0, 0.1) is 0 Å². The zero-order valence-electron chi connectivity index (χ0n) is 14.9. The predicted octanol–water partition coefficient (Wildman–Crippen LogP) is 1.02. The SMILES string of the molecule is C[C@H](OC[C@@H]1CCCCO1)C(=O)N1CCN([C@@H]2CCC[C@@H]2O)CC1. The molecule has 0 bridgehead atoms. The molecule has 0 aromatic heterocycles. The average Bonchev–Trinajstić information content (AvgIpc) is 3.06. The topological polar surface area (TPSA) is 62.2 Å². The highest BCUT2D eigenvalue weighted by Gasteiger charge is 2.34. The molecule has 0 unspecified atom stereocenters. The van der Waals surface area contributed by atoms with Gasteiger partial charge in [-0.15, -0.1) is 0 Å². The molecule has 2 saturated heterocycles. The molecule has 0 aromatic carbocycles. The summed E-state index contributed by atoms with van der Waals surface area (Å²) in [5.74, 6) is 0.0810. The first-order valence-electron chi connectivity index (χ1n) is 9.59. The van der Waals surface area contributed by atoms with Gasteiger partial charge >= 0.3 is 0 Å². The van der Waals surface area contributed by atoms with Crippen LogP contribution in [0.4, 0.5) is 0 Å². The van der Waals surface area contributed by atoms with Crippen LogP contribution in [0.3, 0.4) is 0 Å². The molecule has 3 rings (SSSR count). The highest BCUT2D eigenvalue weighted by Crippen LogP contribution is 2.25. The molecule has 6 heteroatoms. The van der Waals surface area contributed by atoms with Crippen molar-refractivity contribution in [2.45, 2.75) is 69.8 Å². The fourth-order valence-electron chi connectivity index (χ4n) is 4.14. The van der Waals surface area contributed by atoms with Crippen molar-refractivity contribution in [2.75, 3.05) is 39.4 Å². The quantitative estimate of drug-likeness (QED) is 0.810. The van der Waals surface area contributed by atoms with E-state index in [4.69, 9.17) is 9.47 Å². The molecule has 0 radical (unpaired) electrons. The highest BCUT2D eigenvalue weighted by molar-refractivity contribution is 5.80. The van der Waals surface area contributed by atoms with Crippen LogP contribution in [-0.4, -0.2) is 84.6 Å². The third kappa shape index (κ3) is 4.48. The van der Waals surface area contributed by atoms with Crippen LogP contribution in [-0.2, 0) is 14.3 Å².